The van der Waals surface area contributed by atoms with Gasteiger partial charge in [0.2, 0.25) is 0 Å². The number of halogens is 2. The molecule has 80 valence electrons. The molecule has 0 radical (unpaired) electrons. The van der Waals surface area contributed by atoms with Gasteiger partial charge >= 0.3 is 0 Å². The zero-order valence-corrected chi connectivity index (χ0v) is 8.00. The van der Waals surface area contributed by atoms with E-state index in [0.29, 0.717) is 0 Å². The van der Waals surface area contributed by atoms with Gasteiger partial charge in [0.25, 0.3) is 6.43 Å². The van der Waals surface area contributed by atoms with Crippen molar-refractivity contribution in [2.45, 2.75) is 12.8 Å². The highest BCUT2D eigenvalue weighted by Gasteiger charge is 2.19. The van der Waals surface area contributed by atoms with Crippen LogP contribution in [-0.2, 0) is 6.42 Å². The smallest absolute Gasteiger partial charge is 0.280 e. The topological polar surface area (TPSA) is 71.9 Å². The van der Waals surface area contributed by atoms with Crippen molar-refractivity contribution < 1.29 is 13.5 Å². The van der Waals surface area contributed by atoms with E-state index in [1.807, 2.05) is 0 Å². The van der Waals surface area contributed by atoms with Crippen molar-refractivity contribution in [3.63, 3.8) is 0 Å². The second-order valence-corrected chi connectivity index (χ2v) is 2.74. The molecule has 0 aliphatic rings. The minimum Gasteiger partial charge on any atom is -0.493 e. The molecule has 0 amide bonds. The Morgan fingerprint density at radius 2 is 2.33 bits per heavy atom. The Labute approximate surface area is 85.3 Å². The Kier molecular flexibility index (Phi) is 3.39. The lowest BCUT2D eigenvalue weighted by atomic mass is 10.1. The summed E-state index contributed by atoms with van der Waals surface area (Å²) in [5.41, 5.74) is 5.19. The van der Waals surface area contributed by atoms with Gasteiger partial charge in [0.05, 0.1) is 31.5 Å². The van der Waals surface area contributed by atoms with E-state index in [0.717, 1.165) is 6.20 Å². The van der Waals surface area contributed by atoms with E-state index < -0.39 is 12.1 Å². The van der Waals surface area contributed by atoms with Gasteiger partial charge in [-0.25, -0.2) is 8.78 Å². The first-order valence-electron chi connectivity index (χ1n) is 4.08. The molecule has 4 nitrogen and oxygen atoms in total. The number of rotatable bonds is 3. The zero-order valence-electron chi connectivity index (χ0n) is 8.00. The lowest BCUT2D eigenvalue weighted by Crippen LogP contribution is -2.05. The third-order valence-corrected chi connectivity index (χ3v) is 1.90. The van der Waals surface area contributed by atoms with Gasteiger partial charge in [0.15, 0.2) is 5.75 Å². The molecular formula is C9H9F2N3O. The normalized spacial score (nSPS) is 10.1. The van der Waals surface area contributed by atoms with Crippen LogP contribution >= 0.6 is 0 Å². The van der Waals surface area contributed by atoms with Gasteiger partial charge in [-0.15, -0.1) is 0 Å². The van der Waals surface area contributed by atoms with Crippen molar-refractivity contribution in [1.29, 1.82) is 5.26 Å². The molecule has 1 aromatic rings. The molecule has 1 rings (SSSR count). The third-order valence-electron chi connectivity index (χ3n) is 1.90. The second kappa shape index (κ2) is 4.55. The van der Waals surface area contributed by atoms with Crippen LogP contribution in [-0.4, -0.2) is 12.1 Å². The number of ether oxygens (including phenoxy) is 1. The van der Waals surface area contributed by atoms with E-state index in [4.69, 9.17) is 15.7 Å². The van der Waals surface area contributed by atoms with Crippen LogP contribution in [0.5, 0.6) is 5.75 Å². The standard InChI is InChI=1S/C9H9F2N3O/c1-15-6-4-14-8(9(10)11)5(2-3-12)7(6)13/h4,9H,2H2,1H3,(H2,13,14). The SMILES string of the molecule is COc1cnc(C(F)F)c(CC#N)c1N. The van der Waals surface area contributed by atoms with Gasteiger partial charge in [-0.1, -0.05) is 0 Å². The van der Waals surface area contributed by atoms with Crippen LogP contribution in [0.3, 0.4) is 0 Å². The maximum atomic E-state index is 12.5. The fourth-order valence-corrected chi connectivity index (χ4v) is 1.18. The number of pyridine rings is 1. The maximum Gasteiger partial charge on any atom is 0.280 e. The quantitative estimate of drug-likeness (QED) is 0.828. The Hall–Kier alpha value is -1.90. The van der Waals surface area contributed by atoms with E-state index in [9.17, 15) is 8.78 Å². The molecule has 0 atom stereocenters. The lowest BCUT2D eigenvalue weighted by molar-refractivity contribution is 0.145. The van der Waals surface area contributed by atoms with Crippen molar-refractivity contribution in [1.82, 2.24) is 4.98 Å². The molecule has 0 unspecified atom stereocenters. The predicted octanol–water partition coefficient (Wildman–Crippen LogP) is 1.68. The second-order valence-electron chi connectivity index (χ2n) is 2.74. The zero-order chi connectivity index (χ0) is 11.4. The van der Waals surface area contributed by atoms with Crippen LogP contribution in [0.15, 0.2) is 6.20 Å². The van der Waals surface area contributed by atoms with E-state index in [1.54, 1.807) is 6.07 Å². The molecule has 15 heavy (non-hydrogen) atoms. The van der Waals surface area contributed by atoms with Gasteiger partial charge in [-0.3, -0.25) is 4.98 Å². The molecule has 0 aromatic carbocycles. The molecular weight excluding hydrogens is 204 g/mol. The molecule has 6 heteroatoms. The van der Waals surface area contributed by atoms with E-state index in [2.05, 4.69) is 4.98 Å². The van der Waals surface area contributed by atoms with Crippen molar-refractivity contribution in [3.05, 3.63) is 17.5 Å². The van der Waals surface area contributed by atoms with Gasteiger partial charge in [0.1, 0.15) is 5.69 Å². The highest BCUT2D eigenvalue weighted by atomic mass is 19.3. The molecule has 1 heterocycles. The highest BCUT2D eigenvalue weighted by molar-refractivity contribution is 5.59. The van der Waals surface area contributed by atoms with Crippen LogP contribution in [0.25, 0.3) is 0 Å². The van der Waals surface area contributed by atoms with Crippen molar-refractivity contribution in [2.24, 2.45) is 0 Å². The number of hydrogen-bond acceptors (Lipinski definition) is 4. The number of aromatic nitrogens is 1. The summed E-state index contributed by atoms with van der Waals surface area (Å²) in [4.78, 5) is 3.52. The molecule has 0 saturated carbocycles. The van der Waals surface area contributed by atoms with Crippen molar-refractivity contribution >= 4 is 5.69 Å². The number of hydrogen-bond donors (Lipinski definition) is 1. The first kappa shape index (κ1) is 11.2. The van der Waals surface area contributed by atoms with Gasteiger partial charge in [-0.2, -0.15) is 5.26 Å². The van der Waals surface area contributed by atoms with Crippen LogP contribution in [0.2, 0.25) is 0 Å². The molecule has 0 aliphatic carbocycles. The molecule has 1 aromatic heterocycles. The van der Waals surface area contributed by atoms with Crippen molar-refractivity contribution in [3.8, 4) is 11.8 Å². The Morgan fingerprint density at radius 3 is 2.80 bits per heavy atom. The molecule has 0 spiro atoms. The summed E-state index contributed by atoms with van der Waals surface area (Å²) < 4.78 is 29.8. The average Bonchev–Trinajstić information content (AvgIpc) is 2.20. The average molecular weight is 213 g/mol. The van der Waals surface area contributed by atoms with E-state index in [1.165, 1.54) is 7.11 Å². The number of nitrogens with zero attached hydrogens (tertiary/aromatic N) is 2. The lowest BCUT2D eigenvalue weighted by Gasteiger charge is -2.11. The molecule has 0 fully saturated rings. The number of nitrogen functional groups attached to an aromatic ring is 1. The molecule has 0 bridgehead atoms. The van der Waals surface area contributed by atoms with Gasteiger partial charge in [0, 0.05) is 5.56 Å². The monoisotopic (exact) mass is 213 g/mol. The summed E-state index contributed by atoms with van der Waals surface area (Å²) in [6.07, 6.45) is -1.84. The minimum absolute atomic E-state index is 0.0341. The molecule has 0 aliphatic heterocycles. The number of nitrogens with two attached hydrogens (primary N) is 1. The molecule has 2 N–H and O–H groups in total. The largest absolute Gasteiger partial charge is 0.493 e. The predicted molar refractivity (Wildman–Crippen MR) is 49.5 cm³/mol. The van der Waals surface area contributed by atoms with Crippen LogP contribution in [0.4, 0.5) is 14.5 Å². The highest BCUT2D eigenvalue weighted by Crippen LogP contribution is 2.31. The number of alkyl halides is 2. The Bertz CT molecular complexity index is 401. The van der Waals surface area contributed by atoms with Crippen LogP contribution in [0.1, 0.15) is 17.7 Å². The summed E-state index contributed by atoms with van der Waals surface area (Å²) >= 11 is 0. The maximum absolute atomic E-state index is 12.5. The van der Waals surface area contributed by atoms with Crippen LogP contribution < -0.4 is 10.5 Å². The first-order chi connectivity index (χ1) is 7.11. The Morgan fingerprint density at radius 1 is 1.67 bits per heavy atom. The van der Waals surface area contributed by atoms with Gasteiger partial charge in [-0.05, 0) is 0 Å². The van der Waals surface area contributed by atoms with Crippen molar-refractivity contribution in [2.75, 3.05) is 12.8 Å². The fourth-order valence-electron chi connectivity index (χ4n) is 1.18. The Balaban J connectivity index is 3.32. The summed E-state index contributed by atoms with van der Waals surface area (Å²) in [5, 5.41) is 8.49. The summed E-state index contributed by atoms with van der Waals surface area (Å²) in [7, 11) is 1.35. The first-order valence-corrected chi connectivity index (χ1v) is 4.08. The summed E-state index contributed by atoms with van der Waals surface area (Å²) in [6.45, 7) is 0. The van der Waals surface area contributed by atoms with E-state index >= 15 is 0 Å². The third kappa shape index (κ3) is 2.13. The molecule has 0 saturated heterocycles. The summed E-state index contributed by atoms with van der Waals surface area (Å²) in [6, 6.07) is 1.76. The minimum atomic E-state index is -2.75. The number of anilines is 1. The number of methoxy groups -OCH3 is 1. The van der Waals surface area contributed by atoms with Gasteiger partial charge < -0.3 is 10.5 Å². The summed E-state index contributed by atoms with van der Waals surface area (Å²) in [5.74, 6) is 0.199. The number of nitriles is 1. The van der Waals surface area contributed by atoms with E-state index in [-0.39, 0.29) is 23.4 Å². The fraction of sp³-hybridized carbons (Fsp3) is 0.333. The van der Waals surface area contributed by atoms with Crippen LogP contribution in [0, 0.1) is 11.3 Å².